The summed E-state index contributed by atoms with van der Waals surface area (Å²) in [5.41, 5.74) is 2.61. The standard InChI is InChI=1S/C15H24O/c1-7-16-15(5,6)13-11-9-8-10-12(13)14(2,3)4/h8-11H,7H2,1-6H3. The molecule has 0 fully saturated rings. The molecule has 0 atom stereocenters. The molecule has 0 unspecified atom stereocenters. The van der Waals surface area contributed by atoms with Gasteiger partial charge in [-0.2, -0.15) is 0 Å². The Morgan fingerprint density at radius 1 is 0.938 bits per heavy atom. The van der Waals surface area contributed by atoms with E-state index in [1.165, 1.54) is 11.1 Å². The number of rotatable bonds is 3. The third-order valence-corrected chi connectivity index (χ3v) is 2.89. The van der Waals surface area contributed by atoms with Crippen LogP contribution in [-0.2, 0) is 15.8 Å². The summed E-state index contributed by atoms with van der Waals surface area (Å²) in [6, 6.07) is 8.57. The lowest BCUT2D eigenvalue weighted by atomic mass is 9.79. The molecule has 0 radical (unpaired) electrons. The van der Waals surface area contributed by atoms with Gasteiger partial charge in [-0.3, -0.25) is 0 Å². The van der Waals surface area contributed by atoms with Crippen LogP contribution in [0.4, 0.5) is 0 Å². The predicted octanol–water partition coefficient (Wildman–Crippen LogP) is 4.26. The number of ether oxygens (including phenoxy) is 1. The SMILES string of the molecule is CCOC(C)(C)c1ccccc1C(C)(C)C. The lowest BCUT2D eigenvalue weighted by Gasteiger charge is -2.32. The van der Waals surface area contributed by atoms with Crippen molar-refractivity contribution in [3.63, 3.8) is 0 Å². The Labute approximate surface area is 99.8 Å². The Hall–Kier alpha value is -0.820. The zero-order valence-corrected chi connectivity index (χ0v) is 11.4. The summed E-state index contributed by atoms with van der Waals surface area (Å²) in [6.45, 7) is 13.8. The Kier molecular flexibility index (Phi) is 3.80. The van der Waals surface area contributed by atoms with Gasteiger partial charge in [0.25, 0.3) is 0 Å². The van der Waals surface area contributed by atoms with Crippen molar-refractivity contribution in [1.29, 1.82) is 0 Å². The maximum Gasteiger partial charge on any atom is 0.0877 e. The smallest absolute Gasteiger partial charge is 0.0877 e. The first-order chi connectivity index (χ1) is 7.29. The molecular weight excluding hydrogens is 196 g/mol. The maximum atomic E-state index is 5.85. The Morgan fingerprint density at radius 2 is 1.44 bits per heavy atom. The molecular formula is C15H24O. The molecule has 1 aromatic carbocycles. The molecule has 0 amide bonds. The van der Waals surface area contributed by atoms with E-state index in [0.29, 0.717) is 0 Å². The van der Waals surface area contributed by atoms with Gasteiger partial charge < -0.3 is 4.74 Å². The zero-order chi connectivity index (χ0) is 12.4. The molecule has 90 valence electrons. The molecule has 0 saturated carbocycles. The van der Waals surface area contributed by atoms with Crippen molar-refractivity contribution >= 4 is 0 Å². The maximum absolute atomic E-state index is 5.85. The molecule has 0 aromatic heterocycles. The normalized spacial score (nSPS) is 12.9. The van der Waals surface area contributed by atoms with Crippen molar-refractivity contribution in [3.05, 3.63) is 35.4 Å². The molecule has 1 aromatic rings. The summed E-state index contributed by atoms with van der Waals surface area (Å²) in [5.74, 6) is 0. The monoisotopic (exact) mass is 220 g/mol. The van der Waals surface area contributed by atoms with Crippen LogP contribution in [0.2, 0.25) is 0 Å². The molecule has 0 N–H and O–H groups in total. The fourth-order valence-corrected chi connectivity index (χ4v) is 2.10. The predicted molar refractivity (Wildman–Crippen MR) is 69.8 cm³/mol. The average molecular weight is 220 g/mol. The van der Waals surface area contributed by atoms with Gasteiger partial charge in [-0.15, -0.1) is 0 Å². The summed E-state index contributed by atoms with van der Waals surface area (Å²) in [5, 5.41) is 0. The third-order valence-electron chi connectivity index (χ3n) is 2.89. The van der Waals surface area contributed by atoms with Crippen LogP contribution in [0.5, 0.6) is 0 Å². The molecule has 0 spiro atoms. The second kappa shape index (κ2) is 4.58. The quantitative estimate of drug-likeness (QED) is 0.739. The van der Waals surface area contributed by atoms with Crippen molar-refractivity contribution in [2.75, 3.05) is 6.61 Å². The molecule has 0 bridgehead atoms. The zero-order valence-electron chi connectivity index (χ0n) is 11.4. The highest BCUT2D eigenvalue weighted by molar-refractivity contribution is 5.36. The van der Waals surface area contributed by atoms with Crippen LogP contribution in [0.1, 0.15) is 52.7 Å². The molecule has 0 heterocycles. The Bertz CT molecular complexity index is 345. The van der Waals surface area contributed by atoms with Crippen LogP contribution >= 0.6 is 0 Å². The molecule has 0 aliphatic heterocycles. The average Bonchev–Trinajstić information content (AvgIpc) is 2.16. The molecule has 16 heavy (non-hydrogen) atoms. The minimum absolute atomic E-state index is 0.158. The van der Waals surface area contributed by atoms with E-state index in [1.807, 2.05) is 6.92 Å². The number of benzene rings is 1. The van der Waals surface area contributed by atoms with Crippen LogP contribution in [0.3, 0.4) is 0 Å². The first kappa shape index (κ1) is 13.2. The van der Waals surface area contributed by atoms with Gasteiger partial charge in [0.1, 0.15) is 0 Å². The van der Waals surface area contributed by atoms with Crippen molar-refractivity contribution in [2.24, 2.45) is 0 Å². The summed E-state index contributed by atoms with van der Waals surface area (Å²) >= 11 is 0. The number of hydrogen-bond acceptors (Lipinski definition) is 1. The fourth-order valence-electron chi connectivity index (χ4n) is 2.10. The highest BCUT2D eigenvalue weighted by Crippen LogP contribution is 2.34. The second-order valence-corrected chi connectivity index (χ2v) is 5.74. The topological polar surface area (TPSA) is 9.23 Å². The third kappa shape index (κ3) is 2.85. The summed E-state index contributed by atoms with van der Waals surface area (Å²) in [7, 11) is 0. The first-order valence-corrected chi connectivity index (χ1v) is 6.03. The highest BCUT2D eigenvalue weighted by atomic mass is 16.5. The van der Waals surface area contributed by atoms with Crippen LogP contribution in [0.15, 0.2) is 24.3 Å². The van der Waals surface area contributed by atoms with Gasteiger partial charge in [0.2, 0.25) is 0 Å². The molecule has 1 nitrogen and oxygen atoms in total. The number of hydrogen-bond donors (Lipinski definition) is 0. The molecule has 0 aliphatic carbocycles. The Morgan fingerprint density at radius 3 is 1.88 bits per heavy atom. The Balaban J connectivity index is 3.23. The minimum atomic E-state index is -0.210. The van der Waals surface area contributed by atoms with Crippen molar-refractivity contribution in [2.45, 2.75) is 52.6 Å². The largest absolute Gasteiger partial charge is 0.371 e. The van der Waals surface area contributed by atoms with E-state index in [9.17, 15) is 0 Å². The van der Waals surface area contributed by atoms with Crippen molar-refractivity contribution in [1.82, 2.24) is 0 Å². The molecule has 1 heteroatoms. The van der Waals surface area contributed by atoms with E-state index < -0.39 is 0 Å². The van der Waals surface area contributed by atoms with Crippen LogP contribution in [0.25, 0.3) is 0 Å². The molecule has 1 rings (SSSR count). The van der Waals surface area contributed by atoms with Gasteiger partial charge in [0.15, 0.2) is 0 Å². The van der Waals surface area contributed by atoms with E-state index in [0.717, 1.165) is 6.61 Å². The summed E-state index contributed by atoms with van der Waals surface area (Å²) in [6.07, 6.45) is 0. The van der Waals surface area contributed by atoms with Gasteiger partial charge in [-0.05, 0) is 37.3 Å². The van der Waals surface area contributed by atoms with Gasteiger partial charge in [0.05, 0.1) is 5.60 Å². The fraction of sp³-hybridized carbons (Fsp3) is 0.600. The van der Waals surface area contributed by atoms with Crippen LogP contribution in [-0.4, -0.2) is 6.61 Å². The van der Waals surface area contributed by atoms with E-state index in [1.54, 1.807) is 0 Å². The molecule has 0 saturated heterocycles. The summed E-state index contributed by atoms with van der Waals surface area (Å²) < 4.78 is 5.85. The van der Waals surface area contributed by atoms with Gasteiger partial charge in [-0.25, -0.2) is 0 Å². The van der Waals surface area contributed by atoms with Gasteiger partial charge in [0, 0.05) is 6.61 Å². The summed E-state index contributed by atoms with van der Waals surface area (Å²) in [4.78, 5) is 0. The van der Waals surface area contributed by atoms with Gasteiger partial charge >= 0.3 is 0 Å². The highest BCUT2D eigenvalue weighted by Gasteiger charge is 2.27. The van der Waals surface area contributed by atoms with Crippen LogP contribution < -0.4 is 0 Å². The van der Waals surface area contributed by atoms with E-state index >= 15 is 0 Å². The van der Waals surface area contributed by atoms with Gasteiger partial charge in [-0.1, -0.05) is 45.0 Å². The lowest BCUT2D eigenvalue weighted by molar-refractivity contribution is -0.0152. The second-order valence-electron chi connectivity index (χ2n) is 5.74. The van der Waals surface area contributed by atoms with Crippen LogP contribution in [0, 0.1) is 0 Å². The van der Waals surface area contributed by atoms with E-state index in [2.05, 4.69) is 58.9 Å². The van der Waals surface area contributed by atoms with E-state index in [-0.39, 0.29) is 11.0 Å². The van der Waals surface area contributed by atoms with E-state index in [4.69, 9.17) is 4.74 Å². The minimum Gasteiger partial charge on any atom is -0.371 e. The van der Waals surface area contributed by atoms with Crippen molar-refractivity contribution in [3.8, 4) is 0 Å². The first-order valence-electron chi connectivity index (χ1n) is 6.03. The van der Waals surface area contributed by atoms with Crippen molar-refractivity contribution < 1.29 is 4.74 Å². The lowest BCUT2D eigenvalue weighted by Crippen LogP contribution is -2.27. The molecule has 0 aliphatic rings.